The number of aryl methyl sites for hydroxylation is 1. The Morgan fingerprint density at radius 1 is 1.08 bits per heavy atom. The van der Waals surface area contributed by atoms with Crippen LogP contribution in [-0.2, 0) is 30.3 Å². The summed E-state index contributed by atoms with van der Waals surface area (Å²) >= 11 is 1.52. The van der Waals surface area contributed by atoms with Crippen molar-refractivity contribution < 1.29 is 23.9 Å². The first-order valence-corrected chi connectivity index (χ1v) is 13.7. The minimum atomic E-state index is -0.688. The Bertz CT molecular complexity index is 1070. The molecule has 2 aromatic carbocycles. The van der Waals surface area contributed by atoms with Crippen LogP contribution >= 0.6 is 11.8 Å². The average molecular weight is 527 g/mol. The van der Waals surface area contributed by atoms with Crippen molar-refractivity contribution in [2.75, 3.05) is 23.8 Å². The molecule has 1 N–H and O–H groups in total. The fourth-order valence-electron chi connectivity index (χ4n) is 3.96. The molecule has 1 unspecified atom stereocenters. The highest BCUT2D eigenvalue weighted by atomic mass is 32.2. The lowest BCUT2D eigenvalue weighted by molar-refractivity contribution is -0.154. The van der Waals surface area contributed by atoms with Gasteiger partial charge >= 0.3 is 11.9 Å². The number of nitrogens with zero attached hydrogens (tertiary/aromatic N) is 1. The van der Waals surface area contributed by atoms with Gasteiger partial charge in [-0.2, -0.15) is 0 Å². The van der Waals surface area contributed by atoms with E-state index in [-0.39, 0.29) is 24.3 Å². The molecule has 8 heteroatoms. The maximum absolute atomic E-state index is 13.8. The number of para-hydroxylation sites is 1. The van der Waals surface area contributed by atoms with Gasteiger partial charge in [0.25, 0.3) is 0 Å². The summed E-state index contributed by atoms with van der Waals surface area (Å²) in [6.45, 7) is 9.45. The number of thioether (sulfide) groups is 1. The zero-order valence-corrected chi connectivity index (χ0v) is 23.2. The second-order valence-electron chi connectivity index (χ2n) is 10.6. The van der Waals surface area contributed by atoms with Gasteiger partial charge in [0.2, 0.25) is 5.91 Å². The van der Waals surface area contributed by atoms with Gasteiger partial charge in [-0.25, -0.2) is 0 Å². The lowest BCUT2D eigenvalue weighted by Gasteiger charge is -2.29. The number of benzene rings is 2. The van der Waals surface area contributed by atoms with Gasteiger partial charge in [-0.3, -0.25) is 24.6 Å². The Kier molecular flexibility index (Phi) is 10.2. The predicted octanol–water partition coefficient (Wildman–Crippen LogP) is 4.63. The summed E-state index contributed by atoms with van der Waals surface area (Å²) in [6, 6.07) is 16.1. The number of nitrogens with one attached hydrogen (secondary N) is 1. The van der Waals surface area contributed by atoms with Crippen LogP contribution in [0.5, 0.6) is 0 Å². The van der Waals surface area contributed by atoms with E-state index in [0.717, 1.165) is 10.5 Å². The van der Waals surface area contributed by atoms with Crippen LogP contribution in [-0.4, -0.2) is 54.4 Å². The molecule has 0 spiro atoms. The number of anilines is 1. The van der Waals surface area contributed by atoms with E-state index in [1.54, 1.807) is 20.8 Å². The Morgan fingerprint density at radius 3 is 2.43 bits per heavy atom. The topological polar surface area (TPSA) is 84.9 Å². The molecule has 7 nitrogen and oxygen atoms in total. The van der Waals surface area contributed by atoms with Crippen LogP contribution in [0, 0.1) is 5.92 Å². The summed E-state index contributed by atoms with van der Waals surface area (Å²) in [6.07, 6.45) is 1.14. The van der Waals surface area contributed by atoms with Gasteiger partial charge in [0.15, 0.2) is 0 Å². The molecular formula is C29H38N2O5S. The van der Waals surface area contributed by atoms with Crippen molar-refractivity contribution in [3.63, 3.8) is 0 Å². The van der Waals surface area contributed by atoms with Gasteiger partial charge in [0, 0.05) is 10.6 Å². The van der Waals surface area contributed by atoms with Crippen molar-refractivity contribution in [2.45, 2.75) is 70.0 Å². The molecule has 0 saturated heterocycles. The third-order valence-corrected chi connectivity index (χ3v) is 6.80. The largest absolute Gasteiger partial charge is 0.464 e. The van der Waals surface area contributed by atoms with E-state index >= 15 is 0 Å². The second-order valence-corrected chi connectivity index (χ2v) is 11.7. The van der Waals surface area contributed by atoms with Crippen LogP contribution in [0.2, 0.25) is 0 Å². The summed E-state index contributed by atoms with van der Waals surface area (Å²) < 4.78 is 11.1. The monoisotopic (exact) mass is 526 g/mol. The zero-order chi connectivity index (χ0) is 27.0. The summed E-state index contributed by atoms with van der Waals surface area (Å²) in [5, 5.41) is 3.29. The lowest BCUT2D eigenvalue weighted by atomic mass is 10.0. The number of ether oxygens (including phenoxy) is 2. The number of carbonyl (C=O) groups excluding carboxylic acids is 3. The molecule has 1 aliphatic heterocycles. The van der Waals surface area contributed by atoms with Crippen LogP contribution in [0.1, 0.15) is 46.6 Å². The molecule has 0 fully saturated rings. The van der Waals surface area contributed by atoms with Gasteiger partial charge in [-0.15, -0.1) is 11.8 Å². The van der Waals surface area contributed by atoms with E-state index in [1.807, 2.05) is 68.4 Å². The maximum Gasteiger partial charge on any atom is 0.326 e. The highest BCUT2D eigenvalue weighted by molar-refractivity contribution is 7.99. The molecular weight excluding hydrogens is 488 g/mol. The van der Waals surface area contributed by atoms with E-state index in [1.165, 1.54) is 16.7 Å². The van der Waals surface area contributed by atoms with Gasteiger partial charge in [0.1, 0.15) is 18.2 Å². The van der Waals surface area contributed by atoms with Crippen molar-refractivity contribution >= 4 is 35.3 Å². The van der Waals surface area contributed by atoms with Crippen molar-refractivity contribution in [1.82, 2.24) is 5.32 Å². The van der Waals surface area contributed by atoms with Crippen molar-refractivity contribution in [3.8, 4) is 0 Å². The second kappa shape index (κ2) is 13.1. The molecule has 37 heavy (non-hydrogen) atoms. The quantitative estimate of drug-likeness (QED) is 0.452. The number of esters is 2. The molecule has 2 atom stereocenters. The minimum Gasteiger partial charge on any atom is -0.464 e. The summed E-state index contributed by atoms with van der Waals surface area (Å²) in [5.41, 5.74) is 1.10. The van der Waals surface area contributed by atoms with E-state index in [2.05, 4.69) is 5.32 Å². The first-order chi connectivity index (χ1) is 17.5. The molecule has 0 aliphatic carbocycles. The van der Waals surface area contributed by atoms with Gasteiger partial charge < -0.3 is 9.47 Å². The van der Waals surface area contributed by atoms with Gasteiger partial charge in [-0.05, 0) is 57.2 Å². The smallest absolute Gasteiger partial charge is 0.326 e. The van der Waals surface area contributed by atoms with E-state index in [4.69, 9.17) is 9.47 Å². The fourth-order valence-corrected chi connectivity index (χ4v) is 5.04. The predicted molar refractivity (Wildman–Crippen MR) is 147 cm³/mol. The molecule has 0 bridgehead atoms. The summed E-state index contributed by atoms with van der Waals surface area (Å²) in [5.74, 6) is -0.515. The zero-order valence-electron chi connectivity index (χ0n) is 22.4. The van der Waals surface area contributed by atoms with Gasteiger partial charge in [-0.1, -0.05) is 56.3 Å². The van der Waals surface area contributed by atoms with Crippen LogP contribution in [0.25, 0.3) is 0 Å². The van der Waals surface area contributed by atoms with Crippen LogP contribution < -0.4 is 10.2 Å². The third kappa shape index (κ3) is 8.90. The summed E-state index contributed by atoms with van der Waals surface area (Å²) in [7, 11) is 0. The van der Waals surface area contributed by atoms with Crippen LogP contribution in [0.3, 0.4) is 0 Å². The highest BCUT2D eigenvalue weighted by Crippen LogP contribution is 2.34. The van der Waals surface area contributed by atoms with Crippen LogP contribution in [0.15, 0.2) is 59.5 Å². The van der Waals surface area contributed by atoms with Crippen molar-refractivity contribution in [1.29, 1.82) is 0 Å². The number of hydrogen-bond donors (Lipinski definition) is 1. The molecule has 0 radical (unpaired) electrons. The maximum atomic E-state index is 13.8. The number of hydrogen-bond acceptors (Lipinski definition) is 7. The Morgan fingerprint density at radius 2 is 1.76 bits per heavy atom. The van der Waals surface area contributed by atoms with E-state index < -0.39 is 23.7 Å². The number of carbonyl (C=O) groups is 3. The highest BCUT2D eigenvalue weighted by Gasteiger charge is 2.35. The molecule has 200 valence electrons. The normalized spacial score (nSPS) is 16.6. The molecule has 2 aromatic rings. The molecule has 0 aromatic heterocycles. The first kappa shape index (κ1) is 28.7. The lowest BCUT2D eigenvalue weighted by Crippen LogP contribution is -2.54. The number of rotatable bonds is 10. The van der Waals surface area contributed by atoms with Crippen molar-refractivity contribution in [3.05, 3.63) is 60.2 Å². The molecule has 0 saturated carbocycles. The Hall–Kier alpha value is -2.84. The van der Waals surface area contributed by atoms with Gasteiger partial charge in [0.05, 0.1) is 18.3 Å². The third-order valence-electron chi connectivity index (χ3n) is 5.64. The van der Waals surface area contributed by atoms with E-state index in [0.29, 0.717) is 30.9 Å². The first-order valence-electron chi connectivity index (χ1n) is 12.7. The molecule has 3 rings (SSSR count). The average Bonchev–Trinajstić information content (AvgIpc) is 2.96. The molecule has 1 heterocycles. The Labute approximate surface area is 224 Å². The fraction of sp³-hybridized carbons (Fsp3) is 0.483. The molecule has 1 amide bonds. The minimum absolute atomic E-state index is 0.201. The standard InChI is InChI=1S/C29H38N2O5S/c1-20(2)18-35-28(34)22(16-15-21-11-7-6-8-12-21)30-23-19-37-25-14-10-9-13-24(25)31(27(23)33)17-26(32)36-29(3,4)5/h6-14,20,22-23,30H,15-19H2,1-5H3/t22?,23-/m0/s1. The summed E-state index contributed by atoms with van der Waals surface area (Å²) in [4.78, 5) is 42.0. The van der Waals surface area contributed by atoms with Crippen LogP contribution in [0.4, 0.5) is 5.69 Å². The van der Waals surface area contributed by atoms with Crippen molar-refractivity contribution in [2.24, 2.45) is 5.92 Å². The van der Waals surface area contributed by atoms with E-state index in [9.17, 15) is 14.4 Å². The SMILES string of the molecule is CC(C)COC(=O)C(CCc1ccccc1)N[C@H]1CSc2ccccc2N(CC(=O)OC(C)(C)C)C1=O. The number of amides is 1. The molecule has 1 aliphatic rings. The Balaban J connectivity index is 1.82. The number of fused-ring (bicyclic) bond motifs is 1.